The molecule has 0 N–H and O–H groups in total. The molecular weight excluding hydrogens is 324 g/mol. The Morgan fingerprint density at radius 2 is 2.08 bits per heavy atom. The lowest BCUT2D eigenvalue weighted by Gasteiger charge is -2.11. The Labute approximate surface area is 146 Å². The maximum atomic E-state index is 11.8. The van der Waals surface area contributed by atoms with Crippen LogP contribution in [0, 0.1) is 5.92 Å². The summed E-state index contributed by atoms with van der Waals surface area (Å²) < 4.78 is 11.2. The van der Waals surface area contributed by atoms with Crippen molar-refractivity contribution in [3.05, 3.63) is 64.7 Å². The summed E-state index contributed by atoms with van der Waals surface area (Å²) in [4.78, 5) is 11.8. The van der Waals surface area contributed by atoms with Gasteiger partial charge >= 0.3 is 0 Å². The number of allylic oxidation sites excluding steroid dienone is 1. The average Bonchev–Trinajstić information content (AvgIpc) is 3.43. The summed E-state index contributed by atoms with van der Waals surface area (Å²) in [6.07, 6.45) is 5.55. The molecule has 0 bridgehead atoms. The van der Waals surface area contributed by atoms with E-state index in [-0.39, 0.29) is 11.7 Å². The van der Waals surface area contributed by atoms with Gasteiger partial charge in [-0.05, 0) is 54.8 Å². The Hall–Kier alpha value is -2.26. The van der Waals surface area contributed by atoms with Crippen molar-refractivity contribution in [2.45, 2.75) is 19.4 Å². The molecule has 0 heterocycles. The van der Waals surface area contributed by atoms with Crippen LogP contribution in [-0.4, -0.2) is 12.9 Å². The quantitative estimate of drug-likeness (QED) is 0.670. The molecule has 3 rings (SSSR count). The molecule has 3 nitrogen and oxygen atoms in total. The summed E-state index contributed by atoms with van der Waals surface area (Å²) in [7, 11) is 1.63. The zero-order valence-electron chi connectivity index (χ0n) is 13.5. The zero-order chi connectivity index (χ0) is 16.9. The molecule has 124 valence electrons. The molecule has 24 heavy (non-hydrogen) atoms. The number of ketones is 1. The minimum absolute atomic E-state index is 0.211. The Morgan fingerprint density at radius 1 is 1.25 bits per heavy atom. The van der Waals surface area contributed by atoms with Gasteiger partial charge in [0.15, 0.2) is 5.78 Å². The largest absolute Gasteiger partial charge is 0.496 e. The topological polar surface area (TPSA) is 35.5 Å². The minimum Gasteiger partial charge on any atom is -0.496 e. The van der Waals surface area contributed by atoms with E-state index in [0.29, 0.717) is 17.4 Å². The number of carbonyl (C=O) groups excluding carboxylic acids is 1. The maximum absolute atomic E-state index is 11.8. The molecule has 1 aliphatic rings. The van der Waals surface area contributed by atoms with E-state index in [0.717, 1.165) is 29.7 Å². The van der Waals surface area contributed by atoms with E-state index in [1.807, 2.05) is 36.4 Å². The van der Waals surface area contributed by atoms with Crippen LogP contribution in [0.4, 0.5) is 0 Å². The number of carbonyl (C=O) groups is 1. The lowest BCUT2D eigenvalue weighted by atomic mass is 10.1. The van der Waals surface area contributed by atoms with Crippen molar-refractivity contribution in [2.75, 3.05) is 7.11 Å². The fourth-order valence-electron chi connectivity index (χ4n) is 2.42. The van der Waals surface area contributed by atoms with E-state index < -0.39 is 0 Å². The zero-order valence-corrected chi connectivity index (χ0v) is 14.3. The van der Waals surface area contributed by atoms with E-state index in [4.69, 9.17) is 21.1 Å². The van der Waals surface area contributed by atoms with Gasteiger partial charge in [0.25, 0.3) is 0 Å². The molecule has 1 fully saturated rings. The van der Waals surface area contributed by atoms with Crippen molar-refractivity contribution in [2.24, 2.45) is 5.92 Å². The van der Waals surface area contributed by atoms with Crippen molar-refractivity contribution in [1.29, 1.82) is 0 Å². The van der Waals surface area contributed by atoms with Gasteiger partial charge in [-0.3, -0.25) is 4.79 Å². The molecule has 0 amide bonds. The van der Waals surface area contributed by atoms with E-state index in [9.17, 15) is 4.79 Å². The summed E-state index contributed by atoms with van der Waals surface area (Å²) in [5.74, 6) is 1.91. The Kier molecular flexibility index (Phi) is 5.21. The highest BCUT2D eigenvalue weighted by Gasteiger charge is 2.27. The lowest BCUT2D eigenvalue weighted by Crippen LogP contribution is -1.99. The first kappa shape index (κ1) is 16.6. The summed E-state index contributed by atoms with van der Waals surface area (Å²) in [5.41, 5.74) is 1.87. The number of halogens is 1. The Balaban J connectivity index is 1.72. The normalized spacial score (nSPS) is 13.9. The Morgan fingerprint density at radius 3 is 2.79 bits per heavy atom. The summed E-state index contributed by atoms with van der Waals surface area (Å²) in [6, 6.07) is 13.1. The molecule has 1 aliphatic carbocycles. The molecule has 0 atom stereocenters. The summed E-state index contributed by atoms with van der Waals surface area (Å²) in [6.45, 7) is 0.363. The minimum atomic E-state index is 0.211. The third kappa shape index (κ3) is 4.39. The van der Waals surface area contributed by atoms with Crippen LogP contribution in [0.5, 0.6) is 11.5 Å². The Bertz CT molecular complexity index is 763. The van der Waals surface area contributed by atoms with Gasteiger partial charge in [0.2, 0.25) is 0 Å². The van der Waals surface area contributed by atoms with E-state index >= 15 is 0 Å². The molecule has 4 heteroatoms. The van der Waals surface area contributed by atoms with Gasteiger partial charge in [0.05, 0.1) is 7.11 Å². The third-order valence-corrected chi connectivity index (χ3v) is 4.15. The van der Waals surface area contributed by atoms with Crippen LogP contribution in [0.2, 0.25) is 5.02 Å². The second-order valence-electron chi connectivity index (χ2n) is 5.83. The molecule has 0 aromatic heterocycles. The van der Waals surface area contributed by atoms with E-state index in [1.54, 1.807) is 25.3 Å². The van der Waals surface area contributed by atoms with Crippen LogP contribution in [-0.2, 0) is 11.4 Å². The molecule has 0 saturated heterocycles. The molecule has 2 aromatic rings. The van der Waals surface area contributed by atoms with Gasteiger partial charge in [-0.15, -0.1) is 0 Å². The third-order valence-electron chi connectivity index (χ3n) is 3.91. The smallest absolute Gasteiger partial charge is 0.158 e. The standard InChI is InChI=1S/C20H19ClO3/c1-23-20-10-6-14(5-9-19(22)15-7-8-15)11-16(20)13-24-18-4-2-3-17(21)12-18/h2-6,9-12,15H,7-8,13H2,1H3/b9-5+. The molecule has 2 aromatic carbocycles. The van der Waals surface area contributed by atoms with Crippen molar-refractivity contribution in [3.63, 3.8) is 0 Å². The van der Waals surface area contributed by atoms with Crippen LogP contribution in [0.15, 0.2) is 48.5 Å². The van der Waals surface area contributed by atoms with Crippen LogP contribution in [0.3, 0.4) is 0 Å². The van der Waals surface area contributed by atoms with Crippen molar-refractivity contribution in [1.82, 2.24) is 0 Å². The van der Waals surface area contributed by atoms with E-state index in [2.05, 4.69) is 0 Å². The van der Waals surface area contributed by atoms with Crippen LogP contribution in [0.25, 0.3) is 6.08 Å². The first-order valence-electron chi connectivity index (χ1n) is 7.93. The highest BCUT2D eigenvalue weighted by atomic mass is 35.5. The van der Waals surface area contributed by atoms with Gasteiger partial charge in [-0.25, -0.2) is 0 Å². The number of benzene rings is 2. The fraction of sp³-hybridized carbons (Fsp3) is 0.250. The average molecular weight is 343 g/mol. The molecule has 0 radical (unpaired) electrons. The number of hydrogen-bond acceptors (Lipinski definition) is 3. The molecular formula is C20H19ClO3. The van der Waals surface area contributed by atoms with E-state index in [1.165, 1.54) is 0 Å². The number of hydrogen-bond donors (Lipinski definition) is 0. The second kappa shape index (κ2) is 7.54. The van der Waals surface area contributed by atoms with Crippen molar-refractivity contribution in [3.8, 4) is 11.5 Å². The highest BCUT2D eigenvalue weighted by Crippen LogP contribution is 2.30. The highest BCUT2D eigenvalue weighted by molar-refractivity contribution is 6.30. The summed E-state index contributed by atoms with van der Waals surface area (Å²) in [5, 5.41) is 0.634. The number of rotatable bonds is 7. The number of ether oxygens (including phenoxy) is 2. The first-order valence-corrected chi connectivity index (χ1v) is 8.31. The van der Waals surface area contributed by atoms with Gasteiger partial charge in [0.1, 0.15) is 18.1 Å². The second-order valence-corrected chi connectivity index (χ2v) is 6.26. The predicted molar refractivity (Wildman–Crippen MR) is 95.5 cm³/mol. The maximum Gasteiger partial charge on any atom is 0.158 e. The van der Waals surface area contributed by atoms with Gasteiger partial charge in [-0.2, -0.15) is 0 Å². The molecule has 1 saturated carbocycles. The molecule has 0 unspecified atom stereocenters. The van der Waals surface area contributed by atoms with Gasteiger partial charge in [0, 0.05) is 16.5 Å². The monoisotopic (exact) mass is 342 g/mol. The lowest BCUT2D eigenvalue weighted by molar-refractivity contribution is -0.115. The van der Waals surface area contributed by atoms with Gasteiger partial charge < -0.3 is 9.47 Å². The van der Waals surface area contributed by atoms with Crippen LogP contribution < -0.4 is 9.47 Å². The number of methoxy groups -OCH3 is 1. The van der Waals surface area contributed by atoms with Crippen LogP contribution >= 0.6 is 11.6 Å². The van der Waals surface area contributed by atoms with Crippen molar-refractivity contribution >= 4 is 23.5 Å². The summed E-state index contributed by atoms with van der Waals surface area (Å²) >= 11 is 5.97. The SMILES string of the molecule is COc1ccc(/C=C/C(=O)C2CC2)cc1COc1cccc(Cl)c1. The molecule has 0 spiro atoms. The van der Waals surface area contributed by atoms with Crippen molar-refractivity contribution < 1.29 is 14.3 Å². The van der Waals surface area contributed by atoms with Crippen LogP contribution in [0.1, 0.15) is 24.0 Å². The fourth-order valence-corrected chi connectivity index (χ4v) is 2.60. The predicted octanol–water partition coefficient (Wildman–Crippen LogP) is 4.92. The van der Waals surface area contributed by atoms with Gasteiger partial charge in [-0.1, -0.05) is 29.8 Å². The molecule has 0 aliphatic heterocycles. The first-order chi connectivity index (χ1) is 11.7.